The van der Waals surface area contributed by atoms with Crippen LogP contribution in [0.4, 0.5) is 0 Å². The third-order valence-electron chi connectivity index (χ3n) is 4.49. The number of likely N-dealkylation sites (tertiary alicyclic amines) is 1. The molecule has 1 aliphatic rings. The van der Waals surface area contributed by atoms with Gasteiger partial charge >= 0.3 is 0 Å². The van der Waals surface area contributed by atoms with Gasteiger partial charge < -0.3 is 14.3 Å². The van der Waals surface area contributed by atoms with Gasteiger partial charge in [0.15, 0.2) is 5.78 Å². The molecule has 0 bridgehead atoms. The SMILES string of the molecule is [B]N(CCOCCOCC(=O)C(C)I)C(=O)CCN1C(=O)CC(C(C)C)C1=O. The van der Waals surface area contributed by atoms with Gasteiger partial charge in [0.2, 0.25) is 25.7 Å². The van der Waals surface area contributed by atoms with Crippen molar-refractivity contribution in [1.82, 2.24) is 9.71 Å². The van der Waals surface area contributed by atoms with Gasteiger partial charge in [0.25, 0.3) is 0 Å². The number of ether oxygens (including phenoxy) is 2. The van der Waals surface area contributed by atoms with Crippen LogP contribution >= 0.6 is 22.6 Å². The Balaban J connectivity index is 2.18. The lowest BCUT2D eigenvalue weighted by molar-refractivity contribution is -0.140. The average Bonchev–Trinajstić information content (AvgIpc) is 2.92. The molecule has 28 heavy (non-hydrogen) atoms. The van der Waals surface area contributed by atoms with Gasteiger partial charge in [-0.05, 0) is 12.8 Å². The second kappa shape index (κ2) is 12.5. The van der Waals surface area contributed by atoms with E-state index >= 15 is 0 Å². The molecule has 2 atom stereocenters. The van der Waals surface area contributed by atoms with E-state index in [1.807, 2.05) is 36.4 Å². The quantitative estimate of drug-likeness (QED) is 0.120. The van der Waals surface area contributed by atoms with Crippen molar-refractivity contribution in [3.05, 3.63) is 0 Å². The number of carbonyl (C=O) groups excluding carboxylic acids is 4. The maximum absolute atomic E-state index is 12.2. The number of hydrogen-bond acceptors (Lipinski definition) is 6. The maximum Gasteiger partial charge on any atom is 0.233 e. The average molecular weight is 506 g/mol. The normalized spacial score (nSPS) is 18.0. The van der Waals surface area contributed by atoms with E-state index in [2.05, 4.69) is 0 Å². The number of hydrogen-bond donors (Lipinski definition) is 0. The molecule has 1 rings (SSSR count). The molecule has 0 N–H and O–H groups in total. The summed E-state index contributed by atoms with van der Waals surface area (Å²) in [7, 11) is 5.70. The van der Waals surface area contributed by atoms with Crippen LogP contribution in [0.25, 0.3) is 0 Å². The molecule has 0 aromatic heterocycles. The van der Waals surface area contributed by atoms with Crippen molar-refractivity contribution in [3.63, 3.8) is 0 Å². The molecule has 1 fully saturated rings. The lowest BCUT2D eigenvalue weighted by Crippen LogP contribution is -2.37. The van der Waals surface area contributed by atoms with E-state index in [1.54, 1.807) is 6.92 Å². The van der Waals surface area contributed by atoms with Crippen molar-refractivity contribution in [2.24, 2.45) is 11.8 Å². The zero-order chi connectivity index (χ0) is 21.3. The number of alkyl halides is 1. The number of carbonyl (C=O) groups is 4. The van der Waals surface area contributed by atoms with Crippen LogP contribution in [0.2, 0.25) is 0 Å². The molecule has 0 aromatic carbocycles. The number of halogens is 1. The fraction of sp³-hybridized carbons (Fsp3) is 0.778. The molecule has 1 aliphatic heterocycles. The van der Waals surface area contributed by atoms with Gasteiger partial charge in [0.1, 0.15) is 6.61 Å². The van der Waals surface area contributed by atoms with Gasteiger partial charge in [-0.25, -0.2) is 0 Å². The molecule has 3 amide bonds. The third kappa shape index (κ3) is 8.16. The molecule has 2 radical (unpaired) electrons. The summed E-state index contributed by atoms with van der Waals surface area (Å²) in [6.07, 6.45) is 0.188. The maximum atomic E-state index is 12.2. The third-order valence-corrected chi connectivity index (χ3v) is 5.18. The zero-order valence-electron chi connectivity index (χ0n) is 16.7. The Morgan fingerprint density at radius 1 is 1.21 bits per heavy atom. The van der Waals surface area contributed by atoms with E-state index in [0.717, 1.165) is 9.71 Å². The Hall–Kier alpha value is -1.01. The Morgan fingerprint density at radius 2 is 1.86 bits per heavy atom. The van der Waals surface area contributed by atoms with Crippen LogP contribution < -0.4 is 0 Å². The number of Topliss-reactive ketones (excluding diaryl/α,β-unsaturated/α-hetero) is 1. The summed E-state index contributed by atoms with van der Waals surface area (Å²) < 4.78 is 10.4. The first kappa shape index (κ1) is 25.0. The first-order valence-corrected chi connectivity index (χ1v) is 10.6. The minimum absolute atomic E-state index is 0.0154. The number of amides is 3. The molecule has 156 valence electrons. The summed E-state index contributed by atoms with van der Waals surface area (Å²) in [6, 6.07) is 0. The van der Waals surface area contributed by atoms with Crippen LogP contribution in [0.3, 0.4) is 0 Å². The van der Waals surface area contributed by atoms with Crippen LogP contribution in [-0.4, -0.2) is 84.6 Å². The second-order valence-electron chi connectivity index (χ2n) is 7.02. The van der Waals surface area contributed by atoms with Gasteiger partial charge in [-0.2, -0.15) is 0 Å². The fourth-order valence-corrected chi connectivity index (χ4v) is 2.79. The number of nitrogens with zero attached hydrogens (tertiary/aromatic N) is 2. The zero-order valence-corrected chi connectivity index (χ0v) is 18.8. The van der Waals surface area contributed by atoms with Crippen molar-refractivity contribution in [2.75, 3.05) is 39.5 Å². The molecule has 1 heterocycles. The Kier molecular flexibility index (Phi) is 11.2. The van der Waals surface area contributed by atoms with Crippen LogP contribution in [0.1, 0.15) is 33.6 Å². The highest BCUT2D eigenvalue weighted by atomic mass is 127. The van der Waals surface area contributed by atoms with Gasteiger partial charge in [0, 0.05) is 31.8 Å². The summed E-state index contributed by atoms with van der Waals surface area (Å²) in [5, 5.41) is 0. The number of imide groups is 1. The van der Waals surface area contributed by atoms with E-state index in [4.69, 9.17) is 17.5 Å². The lowest BCUT2D eigenvalue weighted by Gasteiger charge is -2.20. The topological polar surface area (TPSA) is 93.2 Å². The summed E-state index contributed by atoms with van der Waals surface area (Å²) in [5.41, 5.74) is 0. The molecule has 8 nitrogen and oxygen atoms in total. The van der Waals surface area contributed by atoms with E-state index in [-0.39, 0.29) is 91.6 Å². The van der Waals surface area contributed by atoms with Crippen LogP contribution in [0.5, 0.6) is 0 Å². The molecule has 0 aromatic rings. The summed E-state index contributed by atoms with van der Waals surface area (Å²) >= 11 is 2.03. The molecular weight excluding hydrogens is 478 g/mol. The van der Waals surface area contributed by atoms with Crippen molar-refractivity contribution >= 4 is 54.1 Å². The smallest absolute Gasteiger partial charge is 0.233 e. The van der Waals surface area contributed by atoms with Crippen molar-refractivity contribution < 1.29 is 28.7 Å². The molecule has 0 spiro atoms. The fourth-order valence-electron chi connectivity index (χ4n) is 2.61. The van der Waals surface area contributed by atoms with Crippen molar-refractivity contribution in [2.45, 2.75) is 37.5 Å². The lowest BCUT2D eigenvalue weighted by atomic mass is 9.94. The Morgan fingerprint density at radius 3 is 2.43 bits per heavy atom. The van der Waals surface area contributed by atoms with Gasteiger partial charge in [-0.3, -0.25) is 24.1 Å². The first-order chi connectivity index (χ1) is 13.1. The highest BCUT2D eigenvalue weighted by Crippen LogP contribution is 2.26. The Bertz CT molecular complexity index is 572. The highest BCUT2D eigenvalue weighted by Gasteiger charge is 2.39. The molecule has 10 heteroatoms. The largest absolute Gasteiger partial charge is 0.394 e. The minimum atomic E-state index is -0.366. The second-order valence-corrected chi connectivity index (χ2v) is 8.89. The number of ketones is 1. The van der Waals surface area contributed by atoms with Crippen molar-refractivity contribution in [1.29, 1.82) is 0 Å². The molecular formula is C18H28BIN2O6. The van der Waals surface area contributed by atoms with Crippen LogP contribution in [-0.2, 0) is 28.7 Å². The molecule has 0 saturated carbocycles. The van der Waals surface area contributed by atoms with E-state index in [0.29, 0.717) is 0 Å². The minimum Gasteiger partial charge on any atom is -0.394 e. The predicted octanol–water partition coefficient (Wildman–Crippen LogP) is 0.746. The van der Waals surface area contributed by atoms with E-state index < -0.39 is 0 Å². The van der Waals surface area contributed by atoms with Gasteiger partial charge in [-0.15, -0.1) is 0 Å². The standard InChI is InChI=1S/C18H28BIN2O6/c1-12(2)14-10-17(25)21(18(14)26)5-4-16(24)22(19)6-7-27-8-9-28-11-15(23)13(3)20/h12-14H,4-11H2,1-3H3. The van der Waals surface area contributed by atoms with Gasteiger partial charge in [0.05, 0.1) is 23.7 Å². The van der Waals surface area contributed by atoms with Crippen LogP contribution in [0.15, 0.2) is 0 Å². The van der Waals surface area contributed by atoms with Crippen LogP contribution in [0, 0.1) is 11.8 Å². The monoisotopic (exact) mass is 506 g/mol. The summed E-state index contributed by atoms with van der Waals surface area (Å²) in [6.45, 7) is 6.68. The summed E-state index contributed by atoms with van der Waals surface area (Å²) in [5.74, 6) is -1.01. The van der Waals surface area contributed by atoms with Gasteiger partial charge in [-0.1, -0.05) is 36.4 Å². The summed E-state index contributed by atoms with van der Waals surface area (Å²) in [4.78, 5) is 49.8. The van der Waals surface area contributed by atoms with E-state index in [9.17, 15) is 19.2 Å². The Labute approximate surface area is 181 Å². The first-order valence-electron chi connectivity index (χ1n) is 9.36. The molecule has 2 unspecified atom stereocenters. The predicted molar refractivity (Wildman–Crippen MR) is 112 cm³/mol. The molecule has 1 saturated heterocycles. The van der Waals surface area contributed by atoms with E-state index in [1.165, 1.54) is 0 Å². The van der Waals surface area contributed by atoms with Crippen molar-refractivity contribution in [3.8, 4) is 0 Å². The number of rotatable bonds is 13. The molecule has 0 aliphatic carbocycles. The highest BCUT2D eigenvalue weighted by molar-refractivity contribution is 14.1.